The van der Waals surface area contributed by atoms with Crippen molar-refractivity contribution in [1.29, 1.82) is 0 Å². The normalized spacial score (nSPS) is 29.8. The number of carbonyl (C=O) groups excluding carboxylic acids is 1. The van der Waals surface area contributed by atoms with Gasteiger partial charge in [0, 0.05) is 23.5 Å². The molecule has 3 aliphatic rings. The Kier molecular flexibility index (Phi) is 4.33. The molecule has 3 fully saturated rings. The number of ether oxygens (including phenoxy) is 1. The predicted molar refractivity (Wildman–Crippen MR) is 94.7 cm³/mol. The van der Waals surface area contributed by atoms with Gasteiger partial charge in [-0.2, -0.15) is 0 Å². The van der Waals surface area contributed by atoms with Gasteiger partial charge in [0.15, 0.2) is 0 Å². The van der Waals surface area contributed by atoms with Crippen molar-refractivity contribution < 1.29 is 9.53 Å². The second-order valence-corrected chi connectivity index (χ2v) is 7.95. The maximum Gasteiger partial charge on any atom is 0.227 e. The largest absolute Gasteiger partial charge is 0.378 e. The van der Waals surface area contributed by atoms with Crippen molar-refractivity contribution in [2.75, 3.05) is 36.5 Å². The third-order valence-electron chi connectivity index (χ3n) is 5.64. The Bertz CT molecular complexity index is 601. The van der Waals surface area contributed by atoms with Crippen LogP contribution in [-0.2, 0) is 9.53 Å². The Morgan fingerprint density at radius 2 is 2.04 bits per heavy atom. The molecule has 1 saturated heterocycles. The van der Waals surface area contributed by atoms with E-state index in [1.54, 1.807) is 0 Å². The Morgan fingerprint density at radius 3 is 2.74 bits per heavy atom. The van der Waals surface area contributed by atoms with Crippen molar-refractivity contribution in [3.8, 4) is 0 Å². The maximum atomic E-state index is 12.8. The molecule has 0 aromatic heterocycles. The maximum absolute atomic E-state index is 12.8. The Balaban J connectivity index is 1.53. The van der Waals surface area contributed by atoms with Gasteiger partial charge in [0.1, 0.15) is 0 Å². The minimum atomic E-state index is 0.213. The highest BCUT2D eigenvalue weighted by Gasteiger charge is 2.43. The standard InChI is InChI=1S/C18H23BrN2O2/c19-14-3-4-17(21-5-7-23-8-6-21)16(11-14)20-18(22)15-10-12-1-2-13(15)9-12/h3-4,11-13,15H,1-2,5-10H2,(H,20,22)/t12-,13+,15+/m0/s1. The molecule has 1 N–H and O–H groups in total. The molecule has 4 rings (SSSR count). The summed E-state index contributed by atoms with van der Waals surface area (Å²) in [5.41, 5.74) is 2.03. The number of nitrogens with zero attached hydrogens (tertiary/aromatic N) is 1. The number of morpholine rings is 1. The quantitative estimate of drug-likeness (QED) is 0.872. The molecule has 1 heterocycles. The van der Waals surface area contributed by atoms with Crippen molar-refractivity contribution in [3.05, 3.63) is 22.7 Å². The van der Waals surface area contributed by atoms with Crippen molar-refractivity contribution in [2.24, 2.45) is 17.8 Å². The molecule has 0 spiro atoms. The van der Waals surface area contributed by atoms with E-state index in [0.717, 1.165) is 54.5 Å². The van der Waals surface area contributed by atoms with E-state index in [1.807, 2.05) is 12.1 Å². The number of anilines is 2. The molecule has 2 aliphatic carbocycles. The van der Waals surface area contributed by atoms with Gasteiger partial charge >= 0.3 is 0 Å². The molecule has 23 heavy (non-hydrogen) atoms. The molecule has 1 amide bonds. The number of halogens is 1. The van der Waals surface area contributed by atoms with Crippen molar-refractivity contribution in [1.82, 2.24) is 0 Å². The zero-order valence-corrected chi connectivity index (χ0v) is 14.8. The van der Waals surface area contributed by atoms with Gasteiger partial charge in [0.2, 0.25) is 5.91 Å². The third kappa shape index (κ3) is 3.13. The van der Waals surface area contributed by atoms with Crippen molar-refractivity contribution in [2.45, 2.75) is 25.7 Å². The summed E-state index contributed by atoms with van der Waals surface area (Å²) in [5, 5.41) is 3.22. The molecule has 4 nitrogen and oxygen atoms in total. The average molecular weight is 379 g/mol. The highest BCUT2D eigenvalue weighted by atomic mass is 79.9. The summed E-state index contributed by atoms with van der Waals surface area (Å²) >= 11 is 3.53. The SMILES string of the molecule is O=C(Nc1cc(Br)ccc1N1CCOCC1)[C@@H]1C[C@H]2CC[C@@H]1C2. The van der Waals surface area contributed by atoms with Gasteiger partial charge in [-0.25, -0.2) is 0 Å². The molecule has 0 radical (unpaired) electrons. The van der Waals surface area contributed by atoms with E-state index in [4.69, 9.17) is 4.74 Å². The lowest BCUT2D eigenvalue weighted by Crippen LogP contribution is -2.37. The van der Waals surface area contributed by atoms with Crippen LogP contribution in [0.15, 0.2) is 22.7 Å². The number of hydrogen-bond acceptors (Lipinski definition) is 3. The van der Waals surface area contributed by atoms with E-state index in [0.29, 0.717) is 5.92 Å². The number of carbonyl (C=O) groups is 1. The van der Waals surface area contributed by atoms with Crippen LogP contribution in [0.2, 0.25) is 0 Å². The molecular weight excluding hydrogens is 356 g/mol. The lowest BCUT2D eigenvalue weighted by molar-refractivity contribution is -0.121. The summed E-state index contributed by atoms with van der Waals surface area (Å²) in [6, 6.07) is 6.15. The summed E-state index contributed by atoms with van der Waals surface area (Å²) < 4.78 is 6.44. The lowest BCUT2D eigenvalue weighted by Gasteiger charge is -2.31. The van der Waals surface area contributed by atoms with E-state index in [9.17, 15) is 4.79 Å². The zero-order valence-electron chi connectivity index (χ0n) is 13.3. The highest BCUT2D eigenvalue weighted by Crippen LogP contribution is 2.48. The first kappa shape index (κ1) is 15.5. The molecule has 1 aliphatic heterocycles. The molecule has 2 bridgehead atoms. The highest BCUT2D eigenvalue weighted by molar-refractivity contribution is 9.10. The van der Waals surface area contributed by atoms with Crippen LogP contribution < -0.4 is 10.2 Å². The number of rotatable bonds is 3. The summed E-state index contributed by atoms with van der Waals surface area (Å²) in [6.07, 6.45) is 4.90. The van der Waals surface area contributed by atoms with Crippen LogP contribution in [0.25, 0.3) is 0 Å². The van der Waals surface area contributed by atoms with Gasteiger partial charge in [-0.15, -0.1) is 0 Å². The van der Waals surface area contributed by atoms with E-state index in [2.05, 4.69) is 32.2 Å². The Hall–Kier alpha value is -1.07. The van der Waals surface area contributed by atoms with E-state index in [1.165, 1.54) is 19.3 Å². The van der Waals surface area contributed by atoms with E-state index in [-0.39, 0.29) is 11.8 Å². The topological polar surface area (TPSA) is 41.6 Å². The van der Waals surface area contributed by atoms with Crippen LogP contribution in [0.3, 0.4) is 0 Å². The van der Waals surface area contributed by atoms with E-state index < -0.39 is 0 Å². The van der Waals surface area contributed by atoms with Gasteiger partial charge in [-0.3, -0.25) is 4.79 Å². The Morgan fingerprint density at radius 1 is 1.22 bits per heavy atom. The van der Waals surface area contributed by atoms with Crippen LogP contribution in [0, 0.1) is 17.8 Å². The number of amides is 1. The molecule has 5 heteroatoms. The first-order valence-corrected chi connectivity index (χ1v) is 9.43. The number of fused-ring (bicyclic) bond motifs is 2. The summed E-state index contributed by atoms with van der Waals surface area (Å²) in [5.74, 6) is 1.83. The molecule has 1 aromatic rings. The minimum absolute atomic E-state index is 0.213. The van der Waals surface area contributed by atoms with Crippen molar-refractivity contribution >= 4 is 33.2 Å². The Labute approximate surface area is 145 Å². The van der Waals surface area contributed by atoms with Crippen LogP contribution in [0.5, 0.6) is 0 Å². The summed E-state index contributed by atoms with van der Waals surface area (Å²) in [4.78, 5) is 15.1. The fourth-order valence-electron chi connectivity index (χ4n) is 4.48. The molecule has 124 valence electrons. The smallest absolute Gasteiger partial charge is 0.227 e. The monoisotopic (exact) mass is 378 g/mol. The molecule has 2 saturated carbocycles. The minimum Gasteiger partial charge on any atom is -0.378 e. The molecular formula is C18H23BrN2O2. The van der Waals surface area contributed by atoms with Gasteiger partial charge in [0.05, 0.1) is 24.6 Å². The third-order valence-corrected chi connectivity index (χ3v) is 6.14. The van der Waals surface area contributed by atoms with E-state index >= 15 is 0 Å². The predicted octanol–water partition coefficient (Wildman–Crippen LogP) is 3.66. The molecule has 3 atom stereocenters. The molecule has 0 unspecified atom stereocenters. The summed E-state index contributed by atoms with van der Waals surface area (Å²) in [7, 11) is 0. The van der Waals surface area contributed by atoms with Gasteiger partial charge in [-0.1, -0.05) is 22.4 Å². The zero-order chi connectivity index (χ0) is 15.8. The molecule has 1 aromatic carbocycles. The van der Waals surface area contributed by atoms with Gasteiger partial charge in [-0.05, 0) is 49.3 Å². The number of hydrogen-bond donors (Lipinski definition) is 1. The van der Waals surface area contributed by atoms with Crippen LogP contribution >= 0.6 is 15.9 Å². The van der Waals surface area contributed by atoms with Crippen LogP contribution in [0.4, 0.5) is 11.4 Å². The van der Waals surface area contributed by atoms with Crippen molar-refractivity contribution in [3.63, 3.8) is 0 Å². The first-order valence-electron chi connectivity index (χ1n) is 8.64. The number of nitrogens with one attached hydrogen (secondary N) is 1. The van der Waals surface area contributed by atoms with Crippen LogP contribution in [0.1, 0.15) is 25.7 Å². The van der Waals surface area contributed by atoms with Gasteiger partial charge < -0.3 is 15.0 Å². The second kappa shape index (κ2) is 6.44. The lowest BCUT2D eigenvalue weighted by atomic mass is 9.88. The van der Waals surface area contributed by atoms with Gasteiger partial charge in [0.25, 0.3) is 0 Å². The summed E-state index contributed by atoms with van der Waals surface area (Å²) in [6.45, 7) is 3.24. The number of benzene rings is 1. The fraction of sp³-hybridized carbons (Fsp3) is 0.611. The first-order chi connectivity index (χ1) is 11.2. The average Bonchev–Trinajstić information content (AvgIpc) is 3.19. The second-order valence-electron chi connectivity index (χ2n) is 7.03. The fourth-order valence-corrected chi connectivity index (χ4v) is 4.84. The van der Waals surface area contributed by atoms with Crippen LogP contribution in [-0.4, -0.2) is 32.2 Å².